The van der Waals surface area contributed by atoms with Gasteiger partial charge < -0.3 is 9.42 Å². The fourth-order valence-electron chi connectivity index (χ4n) is 3.01. The van der Waals surface area contributed by atoms with Gasteiger partial charge in [0.2, 0.25) is 27.6 Å². The maximum atomic E-state index is 12.7. The van der Waals surface area contributed by atoms with Gasteiger partial charge in [-0.05, 0) is 25.8 Å². The topological polar surface area (TPSA) is 105 Å². The van der Waals surface area contributed by atoms with Gasteiger partial charge in [-0.15, -0.1) is 11.3 Å². The summed E-state index contributed by atoms with van der Waals surface area (Å²) in [6.07, 6.45) is 4.78. The quantitative estimate of drug-likeness (QED) is 0.781. The highest BCUT2D eigenvalue weighted by atomic mass is 32.2. The molecule has 3 rings (SSSR count). The first-order valence-electron chi connectivity index (χ1n) is 9.11. The minimum atomic E-state index is -3.79. The van der Waals surface area contributed by atoms with Gasteiger partial charge in [-0.3, -0.25) is 4.79 Å². The number of carbonyl (C=O) groups is 1. The van der Waals surface area contributed by atoms with Gasteiger partial charge in [-0.1, -0.05) is 24.9 Å². The zero-order chi connectivity index (χ0) is 19.4. The van der Waals surface area contributed by atoms with Crippen molar-refractivity contribution in [3.63, 3.8) is 0 Å². The molecule has 0 spiro atoms. The second-order valence-electron chi connectivity index (χ2n) is 6.52. The normalized spacial score (nSPS) is 15.7. The van der Waals surface area contributed by atoms with Crippen molar-refractivity contribution in [2.24, 2.45) is 0 Å². The van der Waals surface area contributed by atoms with Crippen LogP contribution in [-0.4, -0.2) is 49.0 Å². The van der Waals surface area contributed by atoms with Crippen LogP contribution in [0, 0.1) is 6.92 Å². The highest BCUT2D eigenvalue weighted by molar-refractivity contribution is 7.89. The number of aryl methyl sites for hydroxylation is 2. The van der Waals surface area contributed by atoms with Crippen molar-refractivity contribution in [2.45, 2.75) is 50.8 Å². The number of hydrogen-bond acceptors (Lipinski definition) is 7. The van der Waals surface area contributed by atoms with Crippen LogP contribution in [0.15, 0.2) is 15.5 Å². The Bertz CT molecular complexity index is 896. The van der Waals surface area contributed by atoms with E-state index in [0.29, 0.717) is 41.0 Å². The van der Waals surface area contributed by atoms with Crippen molar-refractivity contribution in [3.8, 4) is 10.7 Å². The van der Waals surface area contributed by atoms with Gasteiger partial charge in [0.1, 0.15) is 0 Å². The molecule has 3 heterocycles. The molecule has 10 heteroatoms. The van der Waals surface area contributed by atoms with E-state index < -0.39 is 10.0 Å². The molecule has 0 unspecified atom stereocenters. The first-order valence-corrected chi connectivity index (χ1v) is 11.4. The highest BCUT2D eigenvalue weighted by Gasteiger charge is 2.24. The summed E-state index contributed by atoms with van der Waals surface area (Å²) >= 11 is 1.28. The van der Waals surface area contributed by atoms with Crippen LogP contribution in [0.4, 0.5) is 0 Å². The molecule has 2 aromatic rings. The van der Waals surface area contributed by atoms with E-state index in [1.54, 1.807) is 11.8 Å². The third-order valence-electron chi connectivity index (χ3n) is 4.52. The predicted molar refractivity (Wildman–Crippen MR) is 102 cm³/mol. The smallest absolute Gasteiger partial charge is 0.242 e. The zero-order valence-corrected chi connectivity index (χ0v) is 17.2. The number of nitrogens with zero attached hydrogens (tertiary/aromatic N) is 3. The van der Waals surface area contributed by atoms with Crippen molar-refractivity contribution in [1.82, 2.24) is 19.8 Å². The van der Waals surface area contributed by atoms with Crippen LogP contribution in [0.2, 0.25) is 0 Å². The number of rotatable bonds is 6. The molecule has 0 atom stereocenters. The standard InChI is InChI=1S/C17H24N4O4S2/c1-3-15-19-17(20-25-15)13-10-14(12(2)26-13)27(23,24)18-11-16(22)21-8-6-4-5-7-9-21/h10,18H,3-9,11H2,1-2H3. The first-order chi connectivity index (χ1) is 12.9. The van der Waals surface area contributed by atoms with E-state index in [9.17, 15) is 13.2 Å². The summed E-state index contributed by atoms with van der Waals surface area (Å²) in [7, 11) is -3.79. The lowest BCUT2D eigenvalue weighted by molar-refractivity contribution is -0.129. The Hall–Kier alpha value is -1.78. The van der Waals surface area contributed by atoms with Gasteiger partial charge in [0.25, 0.3) is 0 Å². The van der Waals surface area contributed by atoms with Gasteiger partial charge >= 0.3 is 0 Å². The minimum absolute atomic E-state index is 0.147. The van der Waals surface area contributed by atoms with E-state index in [-0.39, 0.29) is 17.3 Å². The monoisotopic (exact) mass is 412 g/mol. The molecule has 27 heavy (non-hydrogen) atoms. The lowest BCUT2D eigenvalue weighted by Crippen LogP contribution is -2.40. The number of thiophene rings is 1. The van der Waals surface area contributed by atoms with Crippen LogP contribution >= 0.6 is 11.3 Å². The SMILES string of the molecule is CCc1nc(-c2cc(S(=O)(=O)NCC(=O)N3CCCCCC3)c(C)s2)no1. The molecule has 1 saturated heterocycles. The van der Waals surface area contributed by atoms with Crippen LogP contribution in [-0.2, 0) is 21.2 Å². The van der Waals surface area contributed by atoms with E-state index in [1.807, 2.05) is 6.92 Å². The first kappa shape index (κ1) is 20.0. The van der Waals surface area contributed by atoms with Crippen molar-refractivity contribution < 1.29 is 17.7 Å². The molecular formula is C17H24N4O4S2. The number of amides is 1. The van der Waals surface area contributed by atoms with Crippen molar-refractivity contribution >= 4 is 27.3 Å². The second kappa shape index (κ2) is 8.49. The number of sulfonamides is 1. The second-order valence-corrected chi connectivity index (χ2v) is 9.51. The molecule has 1 N–H and O–H groups in total. The van der Waals surface area contributed by atoms with Gasteiger partial charge in [0.15, 0.2) is 0 Å². The molecule has 0 radical (unpaired) electrons. The lowest BCUT2D eigenvalue weighted by Gasteiger charge is -2.20. The van der Waals surface area contributed by atoms with Gasteiger partial charge in [-0.25, -0.2) is 13.1 Å². The van der Waals surface area contributed by atoms with Gasteiger partial charge in [-0.2, -0.15) is 4.98 Å². The Kier molecular flexibility index (Phi) is 6.28. The third-order valence-corrected chi connectivity index (χ3v) is 7.23. The molecule has 8 nitrogen and oxygen atoms in total. The lowest BCUT2D eigenvalue weighted by atomic mass is 10.2. The predicted octanol–water partition coefficient (Wildman–Crippen LogP) is 2.35. The molecule has 0 saturated carbocycles. The Morgan fingerprint density at radius 2 is 2.00 bits per heavy atom. The van der Waals surface area contributed by atoms with Crippen molar-refractivity contribution in [3.05, 3.63) is 16.8 Å². The summed E-state index contributed by atoms with van der Waals surface area (Å²) in [5.41, 5.74) is 0. The summed E-state index contributed by atoms with van der Waals surface area (Å²) < 4.78 is 32.9. The third kappa shape index (κ3) is 4.74. The minimum Gasteiger partial charge on any atom is -0.342 e. The largest absolute Gasteiger partial charge is 0.342 e. The molecule has 2 aromatic heterocycles. The fourth-order valence-corrected chi connectivity index (χ4v) is 5.50. The van der Waals surface area contributed by atoms with Crippen LogP contribution < -0.4 is 4.72 Å². The Balaban J connectivity index is 1.70. The summed E-state index contributed by atoms with van der Waals surface area (Å²) in [6.45, 7) is 4.78. The maximum absolute atomic E-state index is 12.7. The Morgan fingerprint density at radius 3 is 2.63 bits per heavy atom. The molecule has 0 aromatic carbocycles. The van der Waals surface area contributed by atoms with Crippen molar-refractivity contribution in [2.75, 3.05) is 19.6 Å². The molecular weight excluding hydrogens is 388 g/mol. The number of hydrogen-bond donors (Lipinski definition) is 1. The van der Waals surface area contributed by atoms with Gasteiger partial charge in [0.05, 0.1) is 16.3 Å². The highest BCUT2D eigenvalue weighted by Crippen LogP contribution is 2.32. The molecule has 148 valence electrons. The van der Waals surface area contributed by atoms with Crippen LogP contribution in [0.25, 0.3) is 10.7 Å². The molecule has 0 bridgehead atoms. The molecule has 0 aliphatic carbocycles. The molecule has 1 aliphatic heterocycles. The van der Waals surface area contributed by atoms with E-state index in [4.69, 9.17) is 4.52 Å². The Morgan fingerprint density at radius 1 is 1.30 bits per heavy atom. The molecule has 1 amide bonds. The number of likely N-dealkylation sites (tertiary alicyclic amines) is 1. The summed E-state index contributed by atoms with van der Waals surface area (Å²) in [4.78, 5) is 19.7. The molecule has 1 aliphatic rings. The van der Waals surface area contributed by atoms with E-state index in [2.05, 4.69) is 14.9 Å². The van der Waals surface area contributed by atoms with Crippen molar-refractivity contribution in [1.29, 1.82) is 0 Å². The number of carbonyl (C=O) groups excluding carboxylic acids is 1. The van der Waals surface area contributed by atoms with E-state index in [1.165, 1.54) is 17.4 Å². The van der Waals surface area contributed by atoms with Crippen LogP contribution in [0.3, 0.4) is 0 Å². The Labute approximate surface area is 163 Å². The average molecular weight is 413 g/mol. The summed E-state index contributed by atoms with van der Waals surface area (Å²) in [5, 5.41) is 3.89. The number of nitrogens with one attached hydrogen (secondary N) is 1. The van der Waals surface area contributed by atoms with E-state index in [0.717, 1.165) is 25.7 Å². The average Bonchev–Trinajstić information content (AvgIpc) is 3.18. The number of aromatic nitrogens is 2. The van der Waals surface area contributed by atoms with Gasteiger partial charge in [0, 0.05) is 24.4 Å². The molecule has 1 fully saturated rings. The summed E-state index contributed by atoms with van der Waals surface area (Å²) in [6, 6.07) is 1.53. The summed E-state index contributed by atoms with van der Waals surface area (Å²) in [5.74, 6) is 0.697. The van der Waals surface area contributed by atoms with Crippen LogP contribution in [0.1, 0.15) is 43.4 Å². The maximum Gasteiger partial charge on any atom is 0.242 e. The zero-order valence-electron chi connectivity index (χ0n) is 15.5. The van der Waals surface area contributed by atoms with Crippen LogP contribution in [0.5, 0.6) is 0 Å². The van der Waals surface area contributed by atoms with E-state index >= 15 is 0 Å². The fraction of sp³-hybridized carbons (Fsp3) is 0.588.